The maximum absolute atomic E-state index is 6.52. The van der Waals surface area contributed by atoms with Gasteiger partial charge in [-0.1, -0.05) is 212 Å². The Morgan fingerprint density at radius 2 is 0.781 bits per heavy atom. The predicted molar refractivity (Wildman–Crippen MR) is 307 cm³/mol. The first-order valence-electron chi connectivity index (χ1n) is 25.0. The van der Waals surface area contributed by atoms with Crippen LogP contribution >= 0.6 is 0 Å². The van der Waals surface area contributed by atoms with E-state index in [1.54, 1.807) is 0 Å². The summed E-state index contributed by atoms with van der Waals surface area (Å²) < 4.78 is 8.91. The van der Waals surface area contributed by atoms with Gasteiger partial charge in [-0.15, -0.1) is 0 Å². The van der Waals surface area contributed by atoms with Crippen LogP contribution in [0, 0.1) is 0 Å². The van der Waals surface area contributed by atoms with Gasteiger partial charge in [0.15, 0.2) is 0 Å². The Balaban J connectivity index is 0.888. The van der Waals surface area contributed by atoms with Gasteiger partial charge in [0, 0.05) is 49.7 Å². The monoisotopic (exact) mass is 930 g/mol. The predicted octanol–water partition coefficient (Wildman–Crippen LogP) is 19.6. The first kappa shape index (κ1) is 42.2. The number of para-hydroxylation sites is 5. The molecule has 2 heterocycles. The van der Waals surface area contributed by atoms with Crippen molar-refractivity contribution in [2.45, 2.75) is 0 Å². The summed E-state index contributed by atoms with van der Waals surface area (Å²) in [7, 11) is 0. The Labute approximate surface area is 423 Å². The molecular weight excluding hydrogens is 885 g/mol. The van der Waals surface area contributed by atoms with Gasteiger partial charge in [0.25, 0.3) is 0 Å². The molecule has 14 rings (SSSR count). The van der Waals surface area contributed by atoms with E-state index in [1.807, 2.05) is 12.1 Å². The lowest BCUT2D eigenvalue weighted by molar-refractivity contribution is 0.670. The molecule has 3 heteroatoms. The van der Waals surface area contributed by atoms with E-state index in [-0.39, 0.29) is 0 Å². The summed E-state index contributed by atoms with van der Waals surface area (Å²) in [4.78, 5) is 2.40. The Kier molecular flexibility index (Phi) is 10.2. The fourth-order valence-corrected chi connectivity index (χ4v) is 11.2. The smallest absolute Gasteiger partial charge is 0.143 e. The average molecular weight is 931 g/mol. The molecule has 0 unspecified atom stereocenters. The molecule has 342 valence electrons. The summed E-state index contributed by atoms with van der Waals surface area (Å²) in [6, 6.07) is 101. The van der Waals surface area contributed by atoms with Crippen LogP contribution in [-0.2, 0) is 0 Å². The van der Waals surface area contributed by atoms with Gasteiger partial charge in [0.05, 0.1) is 16.7 Å². The highest BCUT2D eigenvalue weighted by molar-refractivity contribution is 6.11. The highest BCUT2D eigenvalue weighted by atomic mass is 16.3. The van der Waals surface area contributed by atoms with E-state index >= 15 is 0 Å². The normalized spacial score (nSPS) is 11.6. The minimum absolute atomic E-state index is 0.896. The zero-order valence-electron chi connectivity index (χ0n) is 39.9. The summed E-state index contributed by atoms with van der Waals surface area (Å²) in [5.41, 5.74) is 20.1. The van der Waals surface area contributed by atoms with Crippen LogP contribution in [0.2, 0.25) is 0 Å². The zero-order valence-corrected chi connectivity index (χ0v) is 39.9. The van der Waals surface area contributed by atoms with Crippen LogP contribution in [0.15, 0.2) is 283 Å². The number of anilines is 3. The van der Waals surface area contributed by atoms with E-state index in [2.05, 4.69) is 276 Å². The third-order valence-electron chi connectivity index (χ3n) is 14.6. The topological polar surface area (TPSA) is 21.3 Å². The van der Waals surface area contributed by atoms with Crippen LogP contribution in [0.5, 0.6) is 0 Å². The minimum atomic E-state index is 0.896. The minimum Gasteiger partial charge on any atom is -0.455 e. The number of aromatic nitrogens is 1. The largest absolute Gasteiger partial charge is 0.455 e. The van der Waals surface area contributed by atoms with E-state index in [0.717, 1.165) is 83.6 Å². The van der Waals surface area contributed by atoms with Crippen LogP contribution in [0.1, 0.15) is 0 Å². The standard InChI is InChI=1S/C70H46N2O/c1-2-17-47(18-3-1)58-29-14-19-50-20-15-30-59(69(50)58)48-37-41-54(42-38-48)71(55-43-39-49(40-44-55)60-31-16-32-64-63-28-7-11-36-68(63)73-70(60)64)65-33-8-4-25-57(65)53-23-12-21-51(45-53)52-22-13-24-56(46-52)72-66-34-9-5-26-61(66)62-27-6-10-35-67(62)72/h1-46H. The molecular formula is C70H46N2O. The molecule has 0 aliphatic rings. The van der Waals surface area contributed by atoms with Crippen LogP contribution in [0.3, 0.4) is 0 Å². The molecule has 0 atom stereocenters. The fourth-order valence-electron chi connectivity index (χ4n) is 11.2. The van der Waals surface area contributed by atoms with E-state index in [4.69, 9.17) is 4.42 Å². The first-order valence-corrected chi connectivity index (χ1v) is 25.0. The van der Waals surface area contributed by atoms with E-state index in [0.29, 0.717) is 0 Å². The van der Waals surface area contributed by atoms with Crippen molar-refractivity contribution in [2.24, 2.45) is 0 Å². The van der Waals surface area contributed by atoms with Gasteiger partial charge in [0.1, 0.15) is 11.2 Å². The highest BCUT2D eigenvalue weighted by Gasteiger charge is 2.20. The van der Waals surface area contributed by atoms with Gasteiger partial charge < -0.3 is 13.9 Å². The Morgan fingerprint density at radius 1 is 0.301 bits per heavy atom. The van der Waals surface area contributed by atoms with Gasteiger partial charge in [-0.2, -0.15) is 0 Å². The molecule has 0 saturated heterocycles. The second kappa shape index (κ2) is 17.6. The SMILES string of the molecule is c1ccc(-c2cccc3cccc(-c4ccc(N(c5ccc(-c6cccc7c6oc6ccccc67)cc5)c5ccccc5-c5cccc(-c6cccc(-n7c8ccccc8c8ccccc87)c6)c5)cc4)c23)cc1. The molecule has 2 aromatic heterocycles. The third-order valence-corrected chi connectivity index (χ3v) is 14.6. The molecule has 0 bridgehead atoms. The zero-order chi connectivity index (χ0) is 48.2. The number of rotatable bonds is 9. The molecule has 0 radical (unpaired) electrons. The summed E-state index contributed by atoms with van der Waals surface area (Å²) >= 11 is 0. The van der Waals surface area contributed by atoms with Crippen LogP contribution < -0.4 is 4.90 Å². The van der Waals surface area contributed by atoms with Crippen molar-refractivity contribution in [3.05, 3.63) is 279 Å². The second-order valence-electron chi connectivity index (χ2n) is 18.8. The Morgan fingerprint density at radius 3 is 1.49 bits per heavy atom. The molecule has 73 heavy (non-hydrogen) atoms. The van der Waals surface area contributed by atoms with Gasteiger partial charge in [0.2, 0.25) is 0 Å². The van der Waals surface area contributed by atoms with Crippen LogP contribution in [-0.4, -0.2) is 4.57 Å². The number of furan rings is 1. The van der Waals surface area contributed by atoms with Crippen molar-refractivity contribution in [3.63, 3.8) is 0 Å². The van der Waals surface area contributed by atoms with Crippen LogP contribution in [0.25, 0.3) is 116 Å². The van der Waals surface area contributed by atoms with Crippen molar-refractivity contribution in [1.82, 2.24) is 4.57 Å². The summed E-state index contributed by atoms with van der Waals surface area (Å²) in [6.45, 7) is 0. The van der Waals surface area contributed by atoms with Crippen molar-refractivity contribution in [1.29, 1.82) is 0 Å². The number of nitrogens with zero attached hydrogens (tertiary/aromatic N) is 2. The van der Waals surface area contributed by atoms with Crippen LogP contribution in [0.4, 0.5) is 17.1 Å². The Hall–Kier alpha value is -9.70. The number of benzene rings is 12. The lowest BCUT2D eigenvalue weighted by Gasteiger charge is -2.28. The molecule has 0 fully saturated rings. The van der Waals surface area contributed by atoms with E-state index < -0.39 is 0 Å². The van der Waals surface area contributed by atoms with Gasteiger partial charge in [-0.25, -0.2) is 0 Å². The maximum Gasteiger partial charge on any atom is 0.143 e. The molecule has 3 nitrogen and oxygen atoms in total. The molecule has 0 N–H and O–H groups in total. The number of hydrogen-bond acceptors (Lipinski definition) is 2. The van der Waals surface area contributed by atoms with Crippen molar-refractivity contribution < 1.29 is 4.42 Å². The van der Waals surface area contributed by atoms with Crippen molar-refractivity contribution in [3.8, 4) is 61.3 Å². The summed E-state index contributed by atoms with van der Waals surface area (Å²) in [6.07, 6.45) is 0. The van der Waals surface area contributed by atoms with Crippen molar-refractivity contribution >= 4 is 71.6 Å². The third kappa shape index (κ3) is 7.29. The highest BCUT2D eigenvalue weighted by Crippen LogP contribution is 2.45. The quantitative estimate of drug-likeness (QED) is 0.144. The van der Waals surface area contributed by atoms with Crippen molar-refractivity contribution in [2.75, 3.05) is 4.90 Å². The van der Waals surface area contributed by atoms with Gasteiger partial charge >= 0.3 is 0 Å². The number of hydrogen-bond donors (Lipinski definition) is 0. The second-order valence-corrected chi connectivity index (χ2v) is 18.8. The molecule has 0 aliphatic heterocycles. The fraction of sp³-hybridized carbons (Fsp3) is 0. The summed E-state index contributed by atoms with van der Waals surface area (Å²) in [5.74, 6) is 0. The first-order chi connectivity index (χ1) is 36.2. The van der Waals surface area contributed by atoms with Gasteiger partial charge in [-0.3, -0.25) is 0 Å². The van der Waals surface area contributed by atoms with E-state index in [9.17, 15) is 0 Å². The Bertz CT molecular complexity index is 4310. The lowest BCUT2D eigenvalue weighted by atomic mass is 9.91. The maximum atomic E-state index is 6.52. The molecule has 12 aromatic carbocycles. The molecule has 14 aromatic rings. The molecule has 0 aliphatic carbocycles. The number of fused-ring (bicyclic) bond motifs is 7. The molecule has 0 amide bonds. The van der Waals surface area contributed by atoms with E-state index in [1.165, 1.54) is 49.3 Å². The molecule has 0 saturated carbocycles. The average Bonchev–Trinajstić information content (AvgIpc) is 4.02. The lowest BCUT2D eigenvalue weighted by Crippen LogP contribution is -2.11. The molecule has 0 spiro atoms. The van der Waals surface area contributed by atoms with Gasteiger partial charge in [-0.05, 0) is 122 Å². The summed E-state index contributed by atoms with van der Waals surface area (Å²) in [5, 5.41) is 7.23.